The molecule has 1 heterocycles. The third-order valence-corrected chi connectivity index (χ3v) is 2.11. The van der Waals surface area contributed by atoms with Gasteiger partial charge in [-0.1, -0.05) is 19.4 Å². The fraction of sp³-hybridized carbons (Fsp3) is 0.818. The van der Waals surface area contributed by atoms with E-state index in [0.717, 1.165) is 18.4 Å². The molecule has 0 saturated carbocycles. The maximum absolute atomic E-state index is 8.82. The third-order valence-electron chi connectivity index (χ3n) is 2.11. The standard InChI is InChI=1S/C9H17N2O3.C2H6.Y/c1-7(5-11-13)4-10-9-3-2-8(6-12)14-9;1-2;/h4,8-9,11-13H,2-3,5-6H2,1H3;1-2H3;/q-1;;/b7-4-;;. The van der Waals surface area contributed by atoms with Gasteiger partial charge >= 0.3 is 0 Å². The summed E-state index contributed by atoms with van der Waals surface area (Å²) in [5.41, 5.74) is 2.99. The Bertz CT molecular complexity index is 203. The van der Waals surface area contributed by atoms with E-state index in [4.69, 9.17) is 15.1 Å². The summed E-state index contributed by atoms with van der Waals surface area (Å²) in [6.07, 6.45) is 3.19. The average Bonchev–Trinajstić information content (AvgIpc) is 2.77. The van der Waals surface area contributed by atoms with E-state index in [0.29, 0.717) is 6.54 Å². The zero-order chi connectivity index (χ0) is 12.4. The van der Waals surface area contributed by atoms with E-state index in [1.807, 2.05) is 20.8 Å². The predicted molar refractivity (Wildman–Crippen MR) is 63.2 cm³/mol. The molecule has 1 radical (unpaired) electrons. The van der Waals surface area contributed by atoms with Crippen LogP contribution in [0.2, 0.25) is 0 Å². The number of hydroxylamine groups is 1. The molecule has 2 atom stereocenters. The van der Waals surface area contributed by atoms with Crippen LogP contribution in [0.1, 0.15) is 33.6 Å². The zero-order valence-corrected chi connectivity index (χ0v) is 13.7. The summed E-state index contributed by atoms with van der Waals surface area (Å²) in [4.78, 5) is 0. The van der Waals surface area contributed by atoms with E-state index in [-0.39, 0.29) is 51.6 Å². The van der Waals surface area contributed by atoms with Crippen molar-refractivity contribution in [3.63, 3.8) is 0 Å². The molecule has 2 unspecified atom stereocenters. The number of hydrogen-bond donors (Lipinski definition) is 3. The van der Waals surface area contributed by atoms with Crippen LogP contribution in [0, 0.1) is 0 Å². The van der Waals surface area contributed by atoms with Crippen LogP contribution in [-0.4, -0.2) is 35.8 Å². The summed E-state index contributed by atoms with van der Waals surface area (Å²) in [6.45, 7) is 6.33. The minimum absolute atomic E-state index is 0. The van der Waals surface area contributed by atoms with Crippen molar-refractivity contribution in [2.75, 3.05) is 13.2 Å². The summed E-state index contributed by atoms with van der Waals surface area (Å²) in [5.74, 6) is 0. The van der Waals surface area contributed by atoms with Crippen LogP contribution in [0.3, 0.4) is 0 Å². The minimum atomic E-state index is -0.138. The summed E-state index contributed by atoms with van der Waals surface area (Å²) >= 11 is 0. The van der Waals surface area contributed by atoms with E-state index >= 15 is 0 Å². The minimum Gasteiger partial charge on any atom is -0.666 e. The van der Waals surface area contributed by atoms with Crippen LogP contribution in [0.4, 0.5) is 0 Å². The molecule has 0 aromatic carbocycles. The van der Waals surface area contributed by atoms with Crippen molar-refractivity contribution in [1.29, 1.82) is 0 Å². The van der Waals surface area contributed by atoms with Crippen molar-refractivity contribution < 1.29 is 47.8 Å². The molecule has 0 aromatic rings. The van der Waals surface area contributed by atoms with E-state index in [1.165, 1.54) is 0 Å². The van der Waals surface area contributed by atoms with Crippen molar-refractivity contribution in [2.24, 2.45) is 0 Å². The van der Waals surface area contributed by atoms with Crippen LogP contribution in [-0.2, 0) is 37.4 Å². The number of hydrogen-bond acceptors (Lipinski definition) is 4. The SMILES string of the molecule is C/C(=C/[N-]C1CCC(CO)O1)CNO.CC.[Y]. The Balaban J connectivity index is 0. The summed E-state index contributed by atoms with van der Waals surface area (Å²) in [6, 6.07) is 0. The molecule has 0 spiro atoms. The van der Waals surface area contributed by atoms with Gasteiger partial charge in [0.05, 0.1) is 12.7 Å². The fourth-order valence-corrected chi connectivity index (χ4v) is 1.31. The van der Waals surface area contributed by atoms with Gasteiger partial charge in [-0.15, -0.1) is 0 Å². The van der Waals surface area contributed by atoms with Crippen LogP contribution < -0.4 is 5.48 Å². The van der Waals surface area contributed by atoms with Crippen LogP contribution in [0.25, 0.3) is 5.32 Å². The van der Waals surface area contributed by atoms with Crippen molar-refractivity contribution >= 4 is 0 Å². The first-order valence-corrected chi connectivity index (χ1v) is 5.75. The second kappa shape index (κ2) is 12.9. The molecule has 5 nitrogen and oxygen atoms in total. The van der Waals surface area contributed by atoms with Gasteiger partial charge < -0.3 is 20.4 Å². The molecule has 1 aliphatic rings. The Kier molecular flexibility index (Phi) is 15.1. The number of rotatable bonds is 5. The zero-order valence-electron chi connectivity index (χ0n) is 10.9. The third kappa shape index (κ3) is 9.11. The van der Waals surface area contributed by atoms with Gasteiger partial charge in [-0.3, -0.25) is 0 Å². The normalized spacial score (nSPS) is 23.5. The first kappa shape index (κ1) is 19.8. The molecule has 1 rings (SSSR count). The maximum atomic E-state index is 8.82. The monoisotopic (exact) mass is 320 g/mol. The Morgan fingerprint density at radius 3 is 2.59 bits per heavy atom. The Hall–Kier alpha value is 0.484. The number of nitrogens with zero attached hydrogens (tertiary/aromatic N) is 1. The molecule has 1 aliphatic heterocycles. The van der Waals surface area contributed by atoms with Gasteiger partial charge in [-0.2, -0.15) is 6.20 Å². The molecule has 1 fully saturated rings. The Morgan fingerprint density at radius 1 is 1.47 bits per heavy atom. The van der Waals surface area contributed by atoms with E-state index in [1.54, 1.807) is 6.20 Å². The molecule has 6 heteroatoms. The largest absolute Gasteiger partial charge is 0.666 e. The fourth-order valence-electron chi connectivity index (χ4n) is 1.31. The van der Waals surface area contributed by atoms with Gasteiger partial charge in [0.2, 0.25) is 0 Å². The first-order chi connectivity index (χ1) is 7.76. The van der Waals surface area contributed by atoms with Crippen LogP contribution >= 0.6 is 0 Å². The maximum Gasteiger partial charge on any atom is 0.0789 e. The first-order valence-electron chi connectivity index (χ1n) is 5.75. The number of ether oxygens (including phenoxy) is 1. The second-order valence-corrected chi connectivity index (χ2v) is 3.43. The van der Waals surface area contributed by atoms with E-state index in [9.17, 15) is 0 Å². The second-order valence-electron chi connectivity index (χ2n) is 3.43. The topological polar surface area (TPSA) is 75.8 Å². The molecule has 0 aromatic heterocycles. The molecule has 0 amide bonds. The van der Waals surface area contributed by atoms with Crippen molar-refractivity contribution in [2.45, 2.75) is 45.9 Å². The molecule has 0 aliphatic carbocycles. The van der Waals surface area contributed by atoms with Gasteiger partial charge in [0.1, 0.15) is 0 Å². The quantitative estimate of drug-likeness (QED) is 0.675. The summed E-state index contributed by atoms with van der Waals surface area (Å²) in [5, 5.41) is 21.4. The van der Waals surface area contributed by atoms with Gasteiger partial charge in [0.25, 0.3) is 0 Å². The van der Waals surface area contributed by atoms with Crippen molar-refractivity contribution in [1.82, 2.24) is 5.48 Å². The smallest absolute Gasteiger partial charge is 0.0789 e. The van der Waals surface area contributed by atoms with Crippen molar-refractivity contribution in [3.05, 3.63) is 17.1 Å². The van der Waals surface area contributed by atoms with Crippen molar-refractivity contribution in [3.8, 4) is 0 Å². The number of aliphatic hydroxyl groups is 1. The van der Waals surface area contributed by atoms with Crippen LogP contribution in [0.15, 0.2) is 11.8 Å². The molecule has 3 N–H and O–H groups in total. The van der Waals surface area contributed by atoms with E-state index < -0.39 is 0 Å². The van der Waals surface area contributed by atoms with Crippen LogP contribution in [0.5, 0.6) is 0 Å². The Morgan fingerprint density at radius 2 is 2.12 bits per heavy atom. The molecular formula is C11H23N2O3Y-. The molecule has 99 valence electrons. The summed E-state index contributed by atoms with van der Waals surface area (Å²) < 4.78 is 5.39. The molecular weight excluding hydrogens is 297 g/mol. The Labute approximate surface area is 129 Å². The number of nitrogens with one attached hydrogen (secondary N) is 1. The average molecular weight is 320 g/mol. The summed E-state index contributed by atoms with van der Waals surface area (Å²) in [7, 11) is 0. The number of aliphatic hydroxyl groups excluding tert-OH is 1. The van der Waals surface area contributed by atoms with Gasteiger partial charge in [-0.05, 0) is 26.0 Å². The molecule has 0 bridgehead atoms. The molecule has 1 saturated heterocycles. The van der Waals surface area contributed by atoms with Gasteiger partial charge in [0.15, 0.2) is 0 Å². The van der Waals surface area contributed by atoms with Gasteiger partial charge in [-0.25, -0.2) is 5.48 Å². The van der Waals surface area contributed by atoms with Gasteiger partial charge in [0, 0.05) is 39.3 Å². The van der Waals surface area contributed by atoms with E-state index in [2.05, 4.69) is 10.8 Å². The molecule has 17 heavy (non-hydrogen) atoms. The predicted octanol–water partition coefficient (Wildman–Crippen LogP) is 1.76.